The van der Waals surface area contributed by atoms with Gasteiger partial charge >= 0.3 is 12.2 Å². The van der Waals surface area contributed by atoms with E-state index in [2.05, 4.69) is 30.0 Å². The maximum absolute atomic E-state index is 14.9. The number of likely N-dealkylation sites (tertiary alicyclic amines) is 2. The zero-order valence-corrected chi connectivity index (χ0v) is 28.3. The number of aromatic amines is 2. The van der Waals surface area contributed by atoms with Gasteiger partial charge in [0.2, 0.25) is 5.91 Å². The average molecular weight is 707 g/mol. The minimum absolute atomic E-state index is 0.000431. The summed E-state index contributed by atoms with van der Waals surface area (Å²) in [5.41, 5.74) is 6.31. The van der Waals surface area contributed by atoms with Crippen molar-refractivity contribution in [2.45, 2.75) is 74.6 Å². The van der Waals surface area contributed by atoms with E-state index in [1.807, 2.05) is 54.6 Å². The molecule has 5 N–H and O–H groups in total. The van der Waals surface area contributed by atoms with Crippen molar-refractivity contribution in [3.63, 3.8) is 0 Å². The highest BCUT2D eigenvalue weighted by molar-refractivity contribution is 5.86. The smallest absolute Gasteiger partial charge is 0.407 e. The Kier molecular flexibility index (Phi) is 9.94. The Morgan fingerprint density at radius 3 is 1.94 bits per heavy atom. The van der Waals surface area contributed by atoms with Crippen LogP contribution in [0, 0.1) is 0 Å². The van der Waals surface area contributed by atoms with Gasteiger partial charge in [-0.15, -0.1) is 0 Å². The molecular formula is C35H40F2N8O6. The fraction of sp³-hybridized carbons (Fsp3) is 0.429. The molecule has 4 heterocycles. The minimum Gasteiger partial charge on any atom is -0.453 e. The number of carbonyl (C=O) groups is 4. The summed E-state index contributed by atoms with van der Waals surface area (Å²) in [6.07, 6.45) is 5.47. The van der Waals surface area contributed by atoms with Crippen LogP contribution in [0.4, 0.5) is 18.4 Å². The number of ether oxygens (including phenoxy) is 2. The minimum atomic E-state index is -1.33. The number of imidazole rings is 2. The normalized spacial score (nSPS) is 26.9. The molecule has 3 aromatic rings. The van der Waals surface area contributed by atoms with Gasteiger partial charge in [-0.2, -0.15) is 0 Å². The molecule has 16 heteroatoms. The lowest BCUT2D eigenvalue weighted by Crippen LogP contribution is -2.47. The predicted octanol–water partition coefficient (Wildman–Crippen LogP) is 3.78. The number of allylic oxidation sites excluding steroid dienone is 4. The Hall–Kier alpha value is -5.54. The summed E-state index contributed by atoms with van der Waals surface area (Å²) in [4.78, 5) is 68.1. The molecule has 0 radical (unpaired) electrons. The zero-order chi connectivity index (χ0) is 36.4. The highest BCUT2D eigenvalue weighted by atomic mass is 19.1. The second-order valence-electron chi connectivity index (χ2n) is 13.0. The molecule has 2 aliphatic heterocycles. The van der Waals surface area contributed by atoms with E-state index in [9.17, 15) is 28.0 Å². The Morgan fingerprint density at radius 2 is 1.43 bits per heavy atom. The molecule has 2 aromatic heterocycles. The van der Waals surface area contributed by atoms with Gasteiger partial charge in [-0.05, 0) is 19.4 Å². The number of hydrogen-bond acceptors (Lipinski definition) is 8. The molecule has 6 atom stereocenters. The number of amides is 4. The lowest BCUT2D eigenvalue weighted by Gasteiger charge is -2.30. The predicted molar refractivity (Wildman–Crippen MR) is 178 cm³/mol. The summed E-state index contributed by atoms with van der Waals surface area (Å²) < 4.78 is 39.2. The Morgan fingerprint density at radius 1 is 0.902 bits per heavy atom. The van der Waals surface area contributed by atoms with Crippen molar-refractivity contribution in [2.24, 2.45) is 5.73 Å². The number of alkyl carbamates (subject to hydrolysis) is 1. The first-order valence-electron chi connectivity index (χ1n) is 16.6. The van der Waals surface area contributed by atoms with E-state index in [1.54, 1.807) is 12.4 Å². The van der Waals surface area contributed by atoms with Crippen LogP contribution in [0.3, 0.4) is 0 Å². The first-order chi connectivity index (χ1) is 24.4. The Labute approximate surface area is 292 Å². The molecule has 6 rings (SSSR count). The number of benzene rings is 1. The van der Waals surface area contributed by atoms with Crippen molar-refractivity contribution in [2.75, 3.05) is 20.2 Å². The van der Waals surface area contributed by atoms with Crippen molar-refractivity contribution in [1.29, 1.82) is 0 Å². The second kappa shape index (κ2) is 14.4. The molecule has 51 heavy (non-hydrogen) atoms. The van der Waals surface area contributed by atoms with E-state index in [0.717, 1.165) is 5.56 Å². The molecule has 14 nitrogen and oxygen atoms in total. The third-order valence-corrected chi connectivity index (χ3v) is 9.63. The van der Waals surface area contributed by atoms with E-state index in [4.69, 9.17) is 10.5 Å². The maximum Gasteiger partial charge on any atom is 0.407 e. The van der Waals surface area contributed by atoms with Crippen LogP contribution in [-0.2, 0) is 24.5 Å². The van der Waals surface area contributed by atoms with E-state index < -0.39 is 66.0 Å². The number of halogens is 2. The van der Waals surface area contributed by atoms with Crippen molar-refractivity contribution in [1.82, 2.24) is 35.1 Å². The van der Waals surface area contributed by atoms with Gasteiger partial charge in [0.05, 0.1) is 49.1 Å². The lowest BCUT2D eigenvalue weighted by atomic mass is 9.75. The van der Waals surface area contributed by atoms with Gasteiger partial charge in [0, 0.05) is 31.2 Å². The number of methoxy groups -OCH3 is 1. The monoisotopic (exact) mass is 706 g/mol. The summed E-state index contributed by atoms with van der Waals surface area (Å²) in [6.45, 7) is 2.49. The molecule has 1 aromatic carbocycles. The fourth-order valence-electron chi connectivity index (χ4n) is 7.04. The number of rotatable bonds is 9. The third kappa shape index (κ3) is 7.07. The fourth-order valence-corrected chi connectivity index (χ4v) is 7.04. The summed E-state index contributed by atoms with van der Waals surface area (Å²) in [5.74, 6) is -0.463. The Bertz CT molecular complexity index is 1810. The van der Waals surface area contributed by atoms with Crippen molar-refractivity contribution >= 4 is 24.0 Å². The van der Waals surface area contributed by atoms with Gasteiger partial charge in [0.1, 0.15) is 30.0 Å². The lowest BCUT2D eigenvalue weighted by molar-refractivity contribution is -0.140. The van der Waals surface area contributed by atoms with E-state index in [1.165, 1.54) is 30.8 Å². The highest BCUT2D eigenvalue weighted by Crippen LogP contribution is 2.42. The molecular weight excluding hydrogens is 666 g/mol. The average Bonchev–Trinajstić information content (AvgIpc) is 3.94. The quantitative estimate of drug-likeness (QED) is 0.242. The molecule has 0 spiro atoms. The molecule has 0 saturated carbocycles. The first-order valence-corrected chi connectivity index (χ1v) is 16.6. The van der Waals surface area contributed by atoms with Crippen LogP contribution in [0.1, 0.15) is 73.3 Å². The molecule has 1 aliphatic carbocycles. The van der Waals surface area contributed by atoms with Gasteiger partial charge in [-0.25, -0.2) is 28.3 Å². The van der Waals surface area contributed by atoms with Gasteiger partial charge in [-0.3, -0.25) is 9.59 Å². The Balaban J connectivity index is 1.34. The molecule has 0 bridgehead atoms. The molecule has 2 saturated heterocycles. The SMILES string of the molecule is COC(=O)N[C@@H](C)C(=O)N1C[C@@H](F)C[C@H]1c1ncc(C2(c3cnc([C@@H]4C[C@H](F)CN4C(=O)[C@H](C)OC(N)=O)[nH]3)C=CC(c3ccccc3)C=C2)[nH]1. The van der Waals surface area contributed by atoms with E-state index in [-0.39, 0.29) is 31.8 Å². The zero-order valence-electron chi connectivity index (χ0n) is 28.3. The number of aromatic nitrogens is 4. The number of H-pyrrole nitrogens is 2. The standard InChI is InChI=1S/C35H40F2N8O6/c1-19(41-34(49)50-3)31(46)44-17-23(36)13-25(44)29-39-15-27(42-29)35(11-9-22(10-12-35)21-7-5-4-6-8-21)28-16-40-30(43-28)26-14-24(37)18-45(26)32(47)20(2)51-33(38)48/h4-12,15-16,19-20,22-26H,13-14,17-18H2,1-3H3,(H2,38,48)(H,39,42)(H,40,43)(H,41,49)/t19-,20-,22?,23-,24-,25-,26-,35?/m0/s1. The molecule has 0 unspecified atom stereocenters. The third-order valence-electron chi connectivity index (χ3n) is 9.63. The number of nitrogens with two attached hydrogens (primary N) is 1. The van der Waals surface area contributed by atoms with E-state index in [0.29, 0.717) is 23.0 Å². The van der Waals surface area contributed by atoms with Crippen LogP contribution in [0.5, 0.6) is 0 Å². The van der Waals surface area contributed by atoms with Crippen molar-refractivity contribution in [3.05, 3.63) is 95.6 Å². The van der Waals surface area contributed by atoms with Crippen molar-refractivity contribution in [3.8, 4) is 0 Å². The van der Waals surface area contributed by atoms with Crippen LogP contribution in [0.15, 0.2) is 67.0 Å². The van der Waals surface area contributed by atoms with E-state index >= 15 is 0 Å². The highest BCUT2D eigenvalue weighted by Gasteiger charge is 2.44. The van der Waals surface area contributed by atoms with Gasteiger partial charge in [-0.1, -0.05) is 54.6 Å². The molecule has 2 fully saturated rings. The largest absolute Gasteiger partial charge is 0.453 e. The second-order valence-corrected chi connectivity index (χ2v) is 13.0. The summed E-state index contributed by atoms with van der Waals surface area (Å²) in [5, 5.41) is 2.44. The molecule has 4 amide bonds. The number of primary amides is 1. The number of carbonyl (C=O) groups excluding carboxylic acids is 4. The number of hydrogen-bond donors (Lipinski definition) is 4. The summed E-state index contributed by atoms with van der Waals surface area (Å²) in [6, 6.07) is 7.41. The maximum atomic E-state index is 14.9. The number of nitrogens with one attached hydrogen (secondary N) is 3. The molecule has 3 aliphatic rings. The number of alkyl halides is 2. The summed E-state index contributed by atoms with van der Waals surface area (Å²) in [7, 11) is 1.19. The van der Waals surface area contributed by atoms with Gasteiger partial charge in [0.25, 0.3) is 5.91 Å². The summed E-state index contributed by atoms with van der Waals surface area (Å²) >= 11 is 0. The molecule has 270 valence electrons. The van der Waals surface area contributed by atoms with Gasteiger partial charge < -0.3 is 40.3 Å². The van der Waals surface area contributed by atoms with Gasteiger partial charge in [0.15, 0.2) is 6.10 Å². The van der Waals surface area contributed by atoms with Crippen LogP contribution in [-0.4, -0.2) is 98.4 Å². The van der Waals surface area contributed by atoms with Crippen LogP contribution in [0.2, 0.25) is 0 Å². The topological polar surface area (TPSA) is 189 Å². The van der Waals surface area contributed by atoms with Crippen LogP contribution < -0.4 is 11.1 Å². The number of nitrogens with zero attached hydrogens (tertiary/aromatic N) is 4. The van der Waals surface area contributed by atoms with Crippen molar-refractivity contribution < 1.29 is 37.4 Å². The van der Waals surface area contributed by atoms with Crippen LogP contribution >= 0.6 is 0 Å². The first kappa shape index (κ1) is 35.3. The van der Waals surface area contributed by atoms with Crippen LogP contribution in [0.25, 0.3) is 0 Å².